The minimum Gasteiger partial charge on any atom is -0.394 e. The fourth-order valence-electron chi connectivity index (χ4n) is 0. The normalized spacial score (nSPS) is 5.15. The average molecular weight is 402 g/mol. The quantitative estimate of drug-likeness (QED) is 0.300. The molecule has 0 fully saturated rings. The SMILES string of the molecule is C=C.C=C.C=C.C=C.C=C.C=C.C=C.CON.CS(=O)(=O)O.OCCO. The molecule has 8 heteroatoms. The van der Waals surface area contributed by atoms with Crippen molar-refractivity contribution < 1.29 is 28.0 Å². The van der Waals surface area contributed by atoms with Gasteiger partial charge in [0.2, 0.25) is 0 Å². The first-order valence-electron chi connectivity index (χ1n) is 6.20. The summed E-state index contributed by atoms with van der Waals surface area (Å²) in [5, 5.41) is 15.2. The van der Waals surface area contributed by atoms with Crippen LogP contribution in [0.25, 0.3) is 0 Å². The second-order valence-electron chi connectivity index (χ2n) is 1.42. The van der Waals surface area contributed by atoms with E-state index in [4.69, 9.17) is 14.8 Å². The molecule has 0 aliphatic rings. The van der Waals surface area contributed by atoms with Crippen LogP contribution in [0.3, 0.4) is 0 Å². The van der Waals surface area contributed by atoms with Crippen LogP contribution in [0, 0.1) is 0 Å². The van der Waals surface area contributed by atoms with Gasteiger partial charge in [0.25, 0.3) is 10.1 Å². The van der Waals surface area contributed by atoms with Gasteiger partial charge in [0.15, 0.2) is 0 Å². The van der Waals surface area contributed by atoms with Gasteiger partial charge in [0.05, 0.1) is 26.6 Å². The van der Waals surface area contributed by atoms with Crippen molar-refractivity contribution in [3.8, 4) is 0 Å². The van der Waals surface area contributed by atoms with Crippen molar-refractivity contribution in [2.75, 3.05) is 26.6 Å². The monoisotopic (exact) mass is 401 g/mol. The molecule has 0 saturated heterocycles. The Morgan fingerprint density at radius 2 is 0.731 bits per heavy atom. The van der Waals surface area contributed by atoms with Gasteiger partial charge >= 0.3 is 0 Å². The maximum Gasteiger partial charge on any atom is 0.261 e. The lowest BCUT2D eigenvalue weighted by molar-refractivity contribution is 0.186. The number of hydrogen-bond acceptors (Lipinski definition) is 6. The topological polar surface area (TPSA) is 130 Å². The summed E-state index contributed by atoms with van der Waals surface area (Å²) in [4.78, 5) is 3.75. The standard InChI is InChI=1S/C2H6O2.7C2H4.CH5NO.CH4O3S/c3-1-2-4;7*1-2;1-3-2;1-5(2,3)4/h3-4H,1-2H2;7*1-2H2;2H2,1H3;1H3,(H,2,3,4). The highest BCUT2D eigenvalue weighted by Gasteiger charge is 1.81. The molecule has 0 heterocycles. The Hall–Kier alpha value is -2.07. The summed E-state index contributed by atoms with van der Waals surface area (Å²) in [5.74, 6) is 4.35. The first-order valence-corrected chi connectivity index (χ1v) is 8.05. The molecular formula is C18H43NO6S. The fourth-order valence-corrected chi connectivity index (χ4v) is 0. The number of hydrogen-bond donors (Lipinski definition) is 4. The third-order valence-corrected chi connectivity index (χ3v) is 0.1000. The summed E-state index contributed by atoms with van der Waals surface area (Å²) in [6.45, 7) is 41.8. The lowest BCUT2D eigenvalue weighted by atomic mass is 10.8. The molecule has 0 radical (unpaired) electrons. The van der Waals surface area contributed by atoms with E-state index in [9.17, 15) is 8.42 Å². The second-order valence-corrected chi connectivity index (χ2v) is 2.88. The molecule has 0 spiro atoms. The van der Waals surface area contributed by atoms with E-state index >= 15 is 0 Å². The van der Waals surface area contributed by atoms with E-state index < -0.39 is 10.1 Å². The summed E-state index contributed by atoms with van der Waals surface area (Å²) in [5.41, 5.74) is 0. The fraction of sp³-hybridized carbons (Fsp3) is 0.222. The minimum atomic E-state index is -3.67. The van der Waals surface area contributed by atoms with Crippen LogP contribution in [0.4, 0.5) is 0 Å². The van der Waals surface area contributed by atoms with Gasteiger partial charge in [0, 0.05) is 0 Å². The first kappa shape index (κ1) is 64.8. The molecule has 0 aliphatic heterocycles. The molecule has 0 bridgehead atoms. The number of rotatable bonds is 1. The molecule has 0 aromatic carbocycles. The van der Waals surface area contributed by atoms with Crippen molar-refractivity contribution in [1.29, 1.82) is 0 Å². The van der Waals surface area contributed by atoms with E-state index in [1.807, 2.05) is 0 Å². The summed E-state index contributed by atoms with van der Waals surface area (Å²) in [6, 6.07) is 0. The maximum absolute atomic E-state index is 9.19. The first-order chi connectivity index (χ1) is 12.3. The van der Waals surface area contributed by atoms with Gasteiger partial charge in [-0.15, -0.1) is 92.1 Å². The average Bonchev–Trinajstić information content (AvgIpc) is 2.72. The Bertz CT molecular complexity index is 208. The molecule has 7 nitrogen and oxygen atoms in total. The Morgan fingerprint density at radius 1 is 0.692 bits per heavy atom. The predicted molar refractivity (Wildman–Crippen MR) is 122 cm³/mol. The zero-order chi connectivity index (χ0) is 24.6. The van der Waals surface area contributed by atoms with E-state index in [0.717, 1.165) is 0 Å². The molecule has 0 aliphatic carbocycles. The summed E-state index contributed by atoms with van der Waals surface area (Å²) in [6.07, 6.45) is 0.715. The Labute approximate surface area is 163 Å². The Balaban J connectivity index is -0.0000000141. The number of aliphatic hydroxyl groups excluding tert-OH is 2. The number of nitrogens with two attached hydrogens (primary N) is 1. The Kier molecular flexibility index (Phi) is 573. The third-order valence-electron chi connectivity index (χ3n) is 0.1000. The van der Waals surface area contributed by atoms with E-state index in [1.165, 1.54) is 7.11 Å². The van der Waals surface area contributed by atoms with E-state index in [1.54, 1.807) is 0 Å². The molecule has 0 aromatic heterocycles. The van der Waals surface area contributed by atoms with Gasteiger partial charge in [-0.2, -0.15) is 8.42 Å². The smallest absolute Gasteiger partial charge is 0.261 e. The van der Waals surface area contributed by atoms with Crippen LogP contribution < -0.4 is 5.90 Å². The van der Waals surface area contributed by atoms with Crippen LogP contribution >= 0.6 is 0 Å². The lowest BCUT2D eigenvalue weighted by Crippen LogP contribution is -1.88. The van der Waals surface area contributed by atoms with Gasteiger partial charge in [-0.3, -0.25) is 4.55 Å². The van der Waals surface area contributed by atoms with Crippen LogP contribution in [-0.2, 0) is 15.0 Å². The molecule has 0 unspecified atom stereocenters. The predicted octanol–water partition coefficient (Wildman–Crippen LogP) is 3.60. The highest BCUT2D eigenvalue weighted by atomic mass is 32.2. The molecule has 5 N–H and O–H groups in total. The third kappa shape index (κ3) is 8390. The molecule has 0 amide bonds. The van der Waals surface area contributed by atoms with Crippen molar-refractivity contribution in [1.82, 2.24) is 0 Å². The van der Waals surface area contributed by atoms with Crippen LogP contribution in [0.2, 0.25) is 0 Å². The van der Waals surface area contributed by atoms with Crippen LogP contribution in [0.1, 0.15) is 0 Å². The molecule has 162 valence electrons. The highest BCUT2D eigenvalue weighted by Crippen LogP contribution is 1.60. The van der Waals surface area contributed by atoms with Crippen LogP contribution in [0.15, 0.2) is 92.1 Å². The summed E-state index contributed by atoms with van der Waals surface area (Å²) in [7, 11) is -2.26. The van der Waals surface area contributed by atoms with Crippen molar-refractivity contribution in [2.24, 2.45) is 5.90 Å². The molecule has 0 rings (SSSR count). The Morgan fingerprint density at radius 3 is 0.731 bits per heavy atom. The molecule has 26 heavy (non-hydrogen) atoms. The van der Waals surface area contributed by atoms with Gasteiger partial charge in [-0.1, -0.05) is 0 Å². The zero-order valence-corrected chi connectivity index (χ0v) is 17.7. The van der Waals surface area contributed by atoms with Crippen LogP contribution in [0.5, 0.6) is 0 Å². The minimum absolute atomic E-state index is 0.125. The highest BCUT2D eigenvalue weighted by molar-refractivity contribution is 7.85. The van der Waals surface area contributed by atoms with Gasteiger partial charge < -0.3 is 15.1 Å². The van der Waals surface area contributed by atoms with Gasteiger partial charge in [0.1, 0.15) is 0 Å². The van der Waals surface area contributed by atoms with Crippen molar-refractivity contribution in [3.05, 3.63) is 92.1 Å². The number of aliphatic hydroxyl groups is 2. The van der Waals surface area contributed by atoms with Crippen molar-refractivity contribution in [3.63, 3.8) is 0 Å². The van der Waals surface area contributed by atoms with Gasteiger partial charge in [-0.05, 0) is 0 Å². The maximum atomic E-state index is 9.19. The van der Waals surface area contributed by atoms with E-state index in [2.05, 4.69) is 103 Å². The summed E-state index contributed by atoms with van der Waals surface area (Å²) < 4.78 is 25.9. The van der Waals surface area contributed by atoms with E-state index in [0.29, 0.717) is 6.26 Å². The van der Waals surface area contributed by atoms with Crippen LogP contribution in [-0.4, -0.2) is 49.8 Å². The molecule has 0 atom stereocenters. The largest absolute Gasteiger partial charge is 0.394 e. The molecule has 0 aromatic rings. The summed E-state index contributed by atoms with van der Waals surface area (Å²) >= 11 is 0. The second kappa shape index (κ2) is 230. The molecular weight excluding hydrogens is 358 g/mol. The molecule has 0 saturated carbocycles. The zero-order valence-electron chi connectivity index (χ0n) is 16.9. The van der Waals surface area contributed by atoms with Gasteiger partial charge in [-0.25, -0.2) is 5.90 Å². The van der Waals surface area contributed by atoms with E-state index in [-0.39, 0.29) is 13.2 Å². The van der Waals surface area contributed by atoms with Crippen molar-refractivity contribution >= 4 is 10.1 Å². The van der Waals surface area contributed by atoms with Crippen molar-refractivity contribution in [2.45, 2.75) is 0 Å². The lowest BCUT2D eigenvalue weighted by Gasteiger charge is -1.70.